The summed E-state index contributed by atoms with van der Waals surface area (Å²) in [5.74, 6) is -0.105. The number of nitrogens with zero attached hydrogens (tertiary/aromatic N) is 3. The number of benzene rings is 1. The number of aliphatic hydroxyl groups is 1. The molecular formula is C25H34FN3O2. The maximum atomic E-state index is 13.5. The van der Waals surface area contributed by atoms with Crippen LogP contribution in [0.15, 0.2) is 48.7 Å². The third-order valence-electron chi connectivity index (χ3n) is 6.38. The van der Waals surface area contributed by atoms with Crippen molar-refractivity contribution in [2.24, 2.45) is 5.92 Å². The van der Waals surface area contributed by atoms with Gasteiger partial charge in [0, 0.05) is 32.6 Å². The summed E-state index contributed by atoms with van der Waals surface area (Å²) in [6, 6.07) is 11.7. The molecule has 0 radical (unpaired) electrons. The molecule has 2 aromatic rings. The molecule has 1 unspecified atom stereocenters. The van der Waals surface area contributed by atoms with E-state index in [1.165, 1.54) is 12.1 Å². The zero-order chi connectivity index (χ0) is 22.3. The van der Waals surface area contributed by atoms with Crippen molar-refractivity contribution in [1.29, 1.82) is 0 Å². The van der Waals surface area contributed by atoms with Crippen LogP contribution in [0, 0.1) is 11.7 Å². The molecule has 1 aliphatic rings. The van der Waals surface area contributed by atoms with E-state index in [1.54, 1.807) is 37.3 Å². The van der Waals surface area contributed by atoms with Gasteiger partial charge < -0.3 is 14.9 Å². The minimum Gasteiger partial charge on any atom is -0.378 e. The number of unbranched alkanes of at least 4 members (excludes halogenated alkanes) is 2. The van der Waals surface area contributed by atoms with Crippen LogP contribution >= 0.6 is 0 Å². The molecule has 31 heavy (non-hydrogen) atoms. The summed E-state index contributed by atoms with van der Waals surface area (Å²) in [6.07, 6.45) is 7.06. The van der Waals surface area contributed by atoms with E-state index in [0.717, 1.165) is 51.7 Å². The molecule has 1 saturated heterocycles. The SMILES string of the molecule is CN(C)C(=O)CCCCCN1CCC(C(O)(c2ccc(F)cc2)c2ccccn2)CC1. The first-order valence-electron chi connectivity index (χ1n) is 11.2. The molecule has 2 heterocycles. The molecule has 3 rings (SSSR count). The van der Waals surface area contributed by atoms with Gasteiger partial charge in [-0.1, -0.05) is 24.6 Å². The van der Waals surface area contributed by atoms with E-state index >= 15 is 0 Å². The lowest BCUT2D eigenvalue weighted by Crippen LogP contribution is -2.44. The average Bonchev–Trinajstić information content (AvgIpc) is 2.79. The van der Waals surface area contributed by atoms with Crippen molar-refractivity contribution >= 4 is 5.91 Å². The highest BCUT2D eigenvalue weighted by Crippen LogP contribution is 2.41. The van der Waals surface area contributed by atoms with Crippen LogP contribution in [-0.4, -0.2) is 59.5 Å². The predicted molar refractivity (Wildman–Crippen MR) is 120 cm³/mol. The molecule has 0 aliphatic carbocycles. The highest BCUT2D eigenvalue weighted by Gasteiger charge is 2.42. The Morgan fingerprint density at radius 1 is 1.13 bits per heavy atom. The number of carbonyl (C=O) groups excluding carboxylic acids is 1. The van der Waals surface area contributed by atoms with Gasteiger partial charge in [-0.3, -0.25) is 9.78 Å². The summed E-state index contributed by atoms with van der Waals surface area (Å²) in [5.41, 5.74) is 0.0790. The van der Waals surface area contributed by atoms with Crippen LogP contribution in [0.25, 0.3) is 0 Å². The molecule has 0 spiro atoms. The summed E-state index contributed by atoms with van der Waals surface area (Å²) in [5, 5.41) is 11.9. The van der Waals surface area contributed by atoms with Crippen LogP contribution < -0.4 is 0 Å². The van der Waals surface area contributed by atoms with Gasteiger partial charge in [-0.05, 0) is 75.1 Å². The topological polar surface area (TPSA) is 56.7 Å². The molecule has 0 saturated carbocycles. The molecule has 1 atom stereocenters. The van der Waals surface area contributed by atoms with E-state index in [2.05, 4.69) is 9.88 Å². The number of aromatic nitrogens is 1. The Morgan fingerprint density at radius 2 is 1.84 bits per heavy atom. The summed E-state index contributed by atoms with van der Waals surface area (Å²) in [6.45, 7) is 2.84. The number of amides is 1. The fourth-order valence-corrected chi connectivity index (χ4v) is 4.47. The Balaban J connectivity index is 1.58. The highest BCUT2D eigenvalue weighted by molar-refractivity contribution is 5.75. The molecular weight excluding hydrogens is 393 g/mol. The fourth-order valence-electron chi connectivity index (χ4n) is 4.47. The molecule has 1 amide bonds. The number of carbonyl (C=O) groups is 1. The van der Waals surface area contributed by atoms with Crippen molar-refractivity contribution < 1.29 is 14.3 Å². The number of rotatable bonds is 9. The number of hydrogen-bond donors (Lipinski definition) is 1. The van der Waals surface area contributed by atoms with Crippen molar-refractivity contribution in [3.63, 3.8) is 0 Å². The van der Waals surface area contributed by atoms with Crippen LogP contribution in [0.4, 0.5) is 4.39 Å². The van der Waals surface area contributed by atoms with E-state index in [-0.39, 0.29) is 17.6 Å². The number of hydrogen-bond acceptors (Lipinski definition) is 4. The van der Waals surface area contributed by atoms with Gasteiger partial charge in [-0.2, -0.15) is 0 Å². The van der Waals surface area contributed by atoms with Crippen LogP contribution in [0.1, 0.15) is 49.8 Å². The van der Waals surface area contributed by atoms with Gasteiger partial charge in [0.25, 0.3) is 0 Å². The van der Waals surface area contributed by atoms with Gasteiger partial charge in [0.15, 0.2) is 0 Å². The minimum absolute atomic E-state index is 0.0156. The molecule has 6 heteroatoms. The molecule has 1 aromatic carbocycles. The van der Waals surface area contributed by atoms with Gasteiger partial charge in [0.05, 0.1) is 5.69 Å². The normalized spacial score (nSPS) is 17.3. The Labute approximate surface area is 184 Å². The zero-order valence-corrected chi connectivity index (χ0v) is 18.6. The van der Waals surface area contributed by atoms with E-state index in [1.807, 2.05) is 18.2 Å². The smallest absolute Gasteiger partial charge is 0.222 e. The third-order valence-corrected chi connectivity index (χ3v) is 6.38. The number of halogens is 1. The lowest BCUT2D eigenvalue weighted by Gasteiger charge is -2.41. The van der Waals surface area contributed by atoms with Crippen molar-refractivity contribution in [2.45, 2.75) is 44.1 Å². The highest BCUT2D eigenvalue weighted by atomic mass is 19.1. The van der Waals surface area contributed by atoms with E-state index < -0.39 is 5.60 Å². The summed E-state index contributed by atoms with van der Waals surface area (Å²) < 4.78 is 13.5. The molecule has 1 aromatic heterocycles. The lowest BCUT2D eigenvalue weighted by atomic mass is 9.74. The molecule has 168 valence electrons. The Kier molecular flexibility index (Phi) is 8.15. The Morgan fingerprint density at radius 3 is 2.45 bits per heavy atom. The largest absolute Gasteiger partial charge is 0.378 e. The van der Waals surface area contributed by atoms with Gasteiger partial charge in [-0.15, -0.1) is 0 Å². The summed E-state index contributed by atoms with van der Waals surface area (Å²) >= 11 is 0. The van der Waals surface area contributed by atoms with Gasteiger partial charge >= 0.3 is 0 Å². The molecule has 5 nitrogen and oxygen atoms in total. The summed E-state index contributed by atoms with van der Waals surface area (Å²) in [4.78, 5) is 20.2. The second kappa shape index (κ2) is 10.8. The Bertz CT molecular complexity index is 820. The minimum atomic E-state index is -1.23. The van der Waals surface area contributed by atoms with E-state index in [9.17, 15) is 14.3 Å². The third kappa shape index (κ3) is 5.89. The molecule has 1 fully saturated rings. The van der Waals surface area contributed by atoms with Crippen molar-refractivity contribution in [2.75, 3.05) is 33.7 Å². The average molecular weight is 428 g/mol. The number of likely N-dealkylation sites (tertiary alicyclic amines) is 1. The van der Waals surface area contributed by atoms with Crippen LogP contribution in [-0.2, 0) is 10.4 Å². The van der Waals surface area contributed by atoms with Crippen molar-refractivity contribution in [3.8, 4) is 0 Å². The second-order valence-corrected chi connectivity index (χ2v) is 8.70. The quantitative estimate of drug-likeness (QED) is 0.618. The van der Waals surface area contributed by atoms with Crippen LogP contribution in [0.3, 0.4) is 0 Å². The number of pyridine rings is 1. The first kappa shape index (κ1) is 23.4. The van der Waals surface area contributed by atoms with Gasteiger partial charge in [-0.25, -0.2) is 4.39 Å². The predicted octanol–water partition coefficient (Wildman–Crippen LogP) is 3.82. The first-order chi connectivity index (χ1) is 14.9. The van der Waals surface area contributed by atoms with E-state index in [4.69, 9.17) is 0 Å². The van der Waals surface area contributed by atoms with Crippen LogP contribution in [0.2, 0.25) is 0 Å². The van der Waals surface area contributed by atoms with Gasteiger partial charge in [0.1, 0.15) is 11.4 Å². The maximum Gasteiger partial charge on any atom is 0.222 e. The monoisotopic (exact) mass is 427 g/mol. The van der Waals surface area contributed by atoms with Crippen LogP contribution in [0.5, 0.6) is 0 Å². The molecule has 1 N–H and O–H groups in total. The van der Waals surface area contributed by atoms with Crippen molar-refractivity contribution in [1.82, 2.24) is 14.8 Å². The van der Waals surface area contributed by atoms with Crippen molar-refractivity contribution in [3.05, 3.63) is 65.7 Å². The number of piperidine rings is 1. The first-order valence-corrected chi connectivity index (χ1v) is 11.2. The second-order valence-electron chi connectivity index (χ2n) is 8.70. The molecule has 1 aliphatic heterocycles. The lowest BCUT2D eigenvalue weighted by molar-refractivity contribution is -0.128. The van der Waals surface area contributed by atoms with E-state index in [0.29, 0.717) is 17.7 Å². The standard InChI is InChI=1S/C25H34FN3O2/c1-28(2)24(30)9-4-3-7-17-29-18-14-21(15-19-29)25(31,23-8-5-6-16-27-23)20-10-12-22(26)13-11-20/h5-6,8,10-13,16,21,31H,3-4,7,9,14-15,17-19H2,1-2H3. The fraction of sp³-hybridized carbons (Fsp3) is 0.520. The zero-order valence-electron chi connectivity index (χ0n) is 18.6. The summed E-state index contributed by atoms with van der Waals surface area (Å²) in [7, 11) is 3.59. The molecule has 0 bridgehead atoms. The maximum absolute atomic E-state index is 13.5. The van der Waals surface area contributed by atoms with Gasteiger partial charge in [0.2, 0.25) is 5.91 Å². The Hall–Kier alpha value is -2.31.